The van der Waals surface area contributed by atoms with Crippen LogP contribution < -0.4 is 16.0 Å². The molecule has 0 aliphatic heterocycles. The number of hydrogen-bond acceptors (Lipinski definition) is 4. The minimum Gasteiger partial charge on any atom is -0.434 e. The van der Waals surface area contributed by atoms with E-state index in [2.05, 4.69) is 21.0 Å². The van der Waals surface area contributed by atoms with E-state index in [-0.39, 0.29) is 5.88 Å². The first-order chi connectivity index (χ1) is 8.49. The molecule has 0 atom stereocenters. The maximum Gasteiger partial charge on any atom is 0.347 e. The molecule has 0 amide bonds. The fourth-order valence-electron chi connectivity index (χ4n) is 1.35. The lowest BCUT2D eigenvalue weighted by molar-refractivity contribution is 0.414. The van der Waals surface area contributed by atoms with E-state index < -0.39 is 11.2 Å². The Labute approximate surface area is 111 Å². The van der Waals surface area contributed by atoms with Gasteiger partial charge in [-0.25, -0.2) is 9.48 Å². The molecule has 94 valence electrons. The lowest BCUT2D eigenvalue weighted by Gasteiger charge is -2.06. The highest BCUT2D eigenvalue weighted by Crippen LogP contribution is 2.19. The molecule has 0 aliphatic carbocycles. The minimum absolute atomic E-state index is 0.137. The van der Waals surface area contributed by atoms with Gasteiger partial charge in [-0.15, -0.1) is 5.10 Å². The fraction of sp³-hybridized carbons (Fsp3) is 0.182. The first kappa shape index (κ1) is 12.6. The van der Waals surface area contributed by atoms with Crippen LogP contribution in [-0.4, -0.2) is 14.3 Å². The van der Waals surface area contributed by atoms with E-state index in [0.29, 0.717) is 5.75 Å². The highest BCUT2D eigenvalue weighted by Gasteiger charge is 2.10. The molecule has 0 bridgehead atoms. The average molecular weight is 312 g/mol. The number of aryl methyl sites for hydroxylation is 1. The van der Waals surface area contributed by atoms with Crippen molar-refractivity contribution in [1.82, 2.24) is 14.3 Å². The third-order valence-corrected chi connectivity index (χ3v) is 2.85. The van der Waals surface area contributed by atoms with Crippen molar-refractivity contribution < 1.29 is 4.74 Å². The third-order valence-electron chi connectivity index (χ3n) is 2.32. The SMILES string of the molecule is Cn1nc(Oc2ccc(Br)cc2)c(=O)n(C)c1=O. The molecule has 0 radical (unpaired) electrons. The molecule has 0 unspecified atom stereocenters. The van der Waals surface area contributed by atoms with Crippen LogP contribution in [0, 0.1) is 0 Å². The van der Waals surface area contributed by atoms with Gasteiger partial charge in [0.05, 0.1) is 0 Å². The van der Waals surface area contributed by atoms with E-state index in [1.165, 1.54) is 14.1 Å². The monoisotopic (exact) mass is 311 g/mol. The molecule has 0 saturated heterocycles. The van der Waals surface area contributed by atoms with Gasteiger partial charge in [-0.3, -0.25) is 9.36 Å². The summed E-state index contributed by atoms with van der Waals surface area (Å²) in [5, 5.41) is 3.79. The van der Waals surface area contributed by atoms with Gasteiger partial charge in [0.25, 0.3) is 0 Å². The number of hydrogen-bond donors (Lipinski definition) is 0. The second kappa shape index (κ2) is 4.77. The van der Waals surface area contributed by atoms with Crippen molar-refractivity contribution in [3.63, 3.8) is 0 Å². The van der Waals surface area contributed by atoms with Crippen LogP contribution in [0.15, 0.2) is 38.3 Å². The number of ether oxygens (including phenoxy) is 1. The van der Waals surface area contributed by atoms with Crippen LogP contribution in [0.2, 0.25) is 0 Å². The maximum atomic E-state index is 11.8. The molecule has 6 nitrogen and oxygen atoms in total. The zero-order valence-corrected chi connectivity index (χ0v) is 11.3. The normalized spacial score (nSPS) is 10.4. The summed E-state index contributed by atoms with van der Waals surface area (Å²) in [7, 11) is 2.83. The van der Waals surface area contributed by atoms with Gasteiger partial charge >= 0.3 is 17.1 Å². The molecule has 0 N–H and O–H groups in total. The standard InChI is InChI=1S/C11H10BrN3O3/c1-14-10(16)9(13-15(2)11(14)17)18-8-5-3-7(12)4-6-8/h3-6H,1-2H3. The van der Waals surface area contributed by atoms with Crippen molar-refractivity contribution >= 4 is 15.9 Å². The largest absolute Gasteiger partial charge is 0.434 e. The van der Waals surface area contributed by atoms with Crippen molar-refractivity contribution in [3.8, 4) is 11.6 Å². The van der Waals surface area contributed by atoms with Crippen LogP contribution in [0.25, 0.3) is 0 Å². The van der Waals surface area contributed by atoms with Gasteiger partial charge in [0.2, 0.25) is 0 Å². The molecule has 1 aromatic carbocycles. The molecule has 0 aliphatic rings. The van der Waals surface area contributed by atoms with Crippen LogP contribution in [0.1, 0.15) is 0 Å². The Balaban J connectivity index is 2.44. The van der Waals surface area contributed by atoms with E-state index in [1.54, 1.807) is 24.3 Å². The summed E-state index contributed by atoms with van der Waals surface area (Å²) >= 11 is 3.30. The number of nitrogens with zero attached hydrogens (tertiary/aromatic N) is 3. The molecule has 0 spiro atoms. The summed E-state index contributed by atoms with van der Waals surface area (Å²) in [5.41, 5.74) is -1.07. The number of rotatable bonds is 2. The summed E-state index contributed by atoms with van der Waals surface area (Å²) < 4.78 is 8.25. The summed E-state index contributed by atoms with van der Waals surface area (Å²) in [6.07, 6.45) is 0. The number of benzene rings is 1. The maximum absolute atomic E-state index is 11.8. The predicted octanol–water partition coefficient (Wildman–Crippen LogP) is 1.03. The van der Waals surface area contributed by atoms with Crippen molar-refractivity contribution in [1.29, 1.82) is 0 Å². The van der Waals surface area contributed by atoms with Gasteiger partial charge in [0, 0.05) is 18.6 Å². The minimum atomic E-state index is -0.569. The van der Waals surface area contributed by atoms with Gasteiger partial charge in [-0.05, 0) is 24.3 Å². The van der Waals surface area contributed by atoms with E-state index in [4.69, 9.17) is 4.74 Å². The van der Waals surface area contributed by atoms with E-state index in [1.807, 2.05) is 0 Å². The zero-order valence-electron chi connectivity index (χ0n) is 9.75. The molecule has 2 rings (SSSR count). The Morgan fingerprint density at radius 2 is 1.78 bits per heavy atom. The van der Waals surface area contributed by atoms with Crippen LogP contribution in [0.4, 0.5) is 0 Å². The lowest BCUT2D eigenvalue weighted by atomic mass is 10.3. The van der Waals surface area contributed by atoms with Gasteiger partial charge in [0.1, 0.15) is 5.75 Å². The molecular formula is C11H10BrN3O3. The van der Waals surface area contributed by atoms with Gasteiger partial charge < -0.3 is 4.74 Å². The molecular weight excluding hydrogens is 302 g/mol. The third kappa shape index (κ3) is 2.35. The first-order valence-corrected chi connectivity index (χ1v) is 5.86. The summed E-state index contributed by atoms with van der Waals surface area (Å²) in [6, 6.07) is 6.94. The second-order valence-corrected chi connectivity index (χ2v) is 4.55. The Hall–Kier alpha value is -1.89. The molecule has 2 aromatic rings. The van der Waals surface area contributed by atoms with Gasteiger partial charge in [-0.1, -0.05) is 15.9 Å². The number of halogens is 1. The fourth-order valence-corrected chi connectivity index (χ4v) is 1.61. The quantitative estimate of drug-likeness (QED) is 0.831. The first-order valence-electron chi connectivity index (χ1n) is 5.07. The Morgan fingerprint density at radius 1 is 1.17 bits per heavy atom. The molecule has 0 fully saturated rings. The van der Waals surface area contributed by atoms with Gasteiger partial charge in [-0.2, -0.15) is 0 Å². The summed E-state index contributed by atoms with van der Waals surface area (Å²) in [6.45, 7) is 0. The van der Waals surface area contributed by atoms with Crippen LogP contribution in [0.5, 0.6) is 11.6 Å². The molecule has 1 aromatic heterocycles. The zero-order chi connectivity index (χ0) is 13.3. The highest BCUT2D eigenvalue weighted by atomic mass is 79.9. The van der Waals surface area contributed by atoms with E-state index in [0.717, 1.165) is 13.7 Å². The van der Waals surface area contributed by atoms with Crippen LogP contribution in [0.3, 0.4) is 0 Å². The number of aromatic nitrogens is 3. The molecule has 7 heteroatoms. The smallest absolute Gasteiger partial charge is 0.347 e. The molecule has 18 heavy (non-hydrogen) atoms. The Bertz CT molecular complexity index is 688. The Kier molecular flexibility index (Phi) is 3.33. The van der Waals surface area contributed by atoms with E-state index >= 15 is 0 Å². The van der Waals surface area contributed by atoms with Crippen molar-refractivity contribution in [3.05, 3.63) is 49.6 Å². The Morgan fingerprint density at radius 3 is 2.39 bits per heavy atom. The molecule has 0 saturated carbocycles. The van der Waals surface area contributed by atoms with Crippen molar-refractivity contribution in [2.45, 2.75) is 0 Å². The summed E-state index contributed by atoms with van der Waals surface area (Å²) in [4.78, 5) is 23.2. The van der Waals surface area contributed by atoms with Crippen LogP contribution in [-0.2, 0) is 14.1 Å². The lowest BCUT2D eigenvalue weighted by Crippen LogP contribution is -2.38. The molecule has 1 heterocycles. The predicted molar refractivity (Wildman–Crippen MR) is 68.9 cm³/mol. The van der Waals surface area contributed by atoms with Crippen molar-refractivity contribution in [2.24, 2.45) is 14.1 Å². The van der Waals surface area contributed by atoms with Crippen molar-refractivity contribution in [2.75, 3.05) is 0 Å². The van der Waals surface area contributed by atoms with E-state index in [9.17, 15) is 9.59 Å². The van der Waals surface area contributed by atoms with Gasteiger partial charge in [0.15, 0.2) is 0 Å². The second-order valence-electron chi connectivity index (χ2n) is 3.63. The van der Waals surface area contributed by atoms with Crippen LogP contribution >= 0.6 is 15.9 Å². The average Bonchev–Trinajstić information content (AvgIpc) is 2.36. The highest BCUT2D eigenvalue weighted by molar-refractivity contribution is 9.10. The topological polar surface area (TPSA) is 66.1 Å². The summed E-state index contributed by atoms with van der Waals surface area (Å²) in [5.74, 6) is 0.336.